The number of hydrogen-bond acceptors (Lipinski definition) is 9. The second-order valence-corrected chi connectivity index (χ2v) is 13.4. The van der Waals surface area contributed by atoms with Gasteiger partial charge in [-0.1, -0.05) is 28.1 Å². The fraction of sp³-hybridized carbons (Fsp3) is 0.300. The molecule has 2 saturated heterocycles. The minimum absolute atomic E-state index is 0.172. The minimum atomic E-state index is -3.64. The van der Waals surface area contributed by atoms with Crippen LogP contribution < -0.4 is 25.0 Å². The summed E-state index contributed by atoms with van der Waals surface area (Å²) in [6.07, 6.45) is 0. The van der Waals surface area contributed by atoms with Crippen molar-refractivity contribution in [3.63, 3.8) is 0 Å². The van der Waals surface area contributed by atoms with Gasteiger partial charge in [-0.25, -0.2) is 17.9 Å². The van der Waals surface area contributed by atoms with E-state index in [2.05, 4.69) is 36.2 Å². The van der Waals surface area contributed by atoms with Crippen molar-refractivity contribution in [2.45, 2.75) is 10.4 Å². The van der Waals surface area contributed by atoms with Gasteiger partial charge in [0.05, 0.1) is 4.90 Å². The number of imide groups is 2. The summed E-state index contributed by atoms with van der Waals surface area (Å²) < 4.78 is 34.7. The molecule has 0 saturated carbocycles. The lowest BCUT2D eigenvalue weighted by Gasteiger charge is -2.47. The Hall–Kier alpha value is -3.82. The van der Waals surface area contributed by atoms with E-state index < -0.39 is 33.4 Å². The summed E-state index contributed by atoms with van der Waals surface area (Å²) in [5.74, 6) is -0.311. The van der Waals surface area contributed by atoms with Crippen LogP contribution >= 0.6 is 15.9 Å². The van der Waals surface area contributed by atoms with E-state index in [4.69, 9.17) is 4.74 Å². The zero-order valence-electron chi connectivity index (χ0n) is 24.2. The van der Waals surface area contributed by atoms with E-state index in [-0.39, 0.29) is 4.90 Å². The summed E-state index contributed by atoms with van der Waals surface area (Å²) in [6.45, 7) is 2.42. The number of nitrogens with zero attached hydrogens (tertiary/aromatic N) is 3. The number of benzene rings is 3. The first-order valence-corrected chi connectivity index (χ1v) is 16.2. The zero-order chi connectivity index (χ0) is 31.5. The smallest absolute Gasteiger partial charge is 0.328 e. The molecule has 2 aliphatic rings. The van der Waals surface area contributed by atoms with E-state index in [1.54, 1.807) is 53.4 Å². The summed E-state index contributed by atoms with van der Waals surface area (Å²) >= 11 is 3.39. The number of sulfonamides is 1. The van der Waals surface area contributed by atoms with Crippen molar-refractivity contribution < 1.29 is 27.5 Å². The fourth-order valence-electron chi connectivity index (χ4n) is 5.28. The molecule has 2 fully saturated rings. The monoisotopic (exact) mass is 684 g/mol. The summed E-state index contributed by atoms with van der Waals surface area (Å²) in [5, 5.41) is 4.55. The van der Waals surface area contributed by atoms with Crippen LogP contribution in [0.15, 0.2) is 82.2 Å². The van der Waals surface area contributed by atoms with Gasteiger partial charge >= 0.3 is 6.03 Å². The van der Waals surface area contributed by atoms with Gasteiger partial charge in [0.25, 0.3) is 11.8 Å². The molecule has 14 heteroatoms. The number of barbiturate groups is 1. The van der Waals surface area contributed by atoms with Gasteiger partial charge in [0.2, 0.25) is 15.6 Å². The maximum absolute atomic E-state index is 13.5. The number of amides is 4. The highest BCUT2D eigenvalue weighted by molar-refractivity contribution is 9.10. The molecular formula is C30H33BrN6O6S. The van der Waals surface area contributed by atoms with Gasteiger partial charge in [-0.05, 0) is 80.3 Å². The van der Waals surface area contributed by atoms with Crippen LogP contribution in [0.1, 0.15) is 5.56 Å². The largest absolute Gasteiger partial charge is 0.457 e. The van der Waals surface area contributed by atoms with Gasteiger partial charge in [-0.2, -0.15) is 0 Å². The molecule has 0 aliphatic carbocycles. The highest BCUT2D eigenvalue weighted by Gasteiger charge is 2.56. The standard InChI is InChI=1S/C30H33BrN6O6S/c1-35(2)16-15-32-44(41,42)26-13-7-23(8-14-26)36-17-19-37(20-18-36)30(27(38)33-29(40)34-28(30)39)21-3-9-24(10-4-21)43-25-11-5-22(31)6-12-25/h3-14,32H,15-20H2,1-2H3,(H2,33,34,38,39,40). The summed E-state index contributed by atoms with van der Waals surface area (Å²) in [7, 11) is 0.103. The number of hydrogen-bond donors (Lipinski definition) is 3. The quantitative estimate of drug-likeness (QED) is 0.275. The number of likely N-dealkylation sites (N-methyl/N-ethyl adjacent to an activating group) is 1. The number of ether oxygens (including phenoxy) is 1. The van der Waals surface area contributed by atoms with E-state index >= 15 is 0 Å². The van der Waals surface area contributed by atoms with Crippen LogP contribution in [0.4, 0.5) is 10.5 Å². The van der Waals surface area contributed by atoms with Gasteiger partial charge in [0, 0.05) is 49.4 Å². The van der Waals surface area contributed by atoms with E-state index in [9.17, 15) is 22.8 Å². The van der Waals surface area contributed by atoms with Crippen molar-refractivity contribution in [1.29, 1.82) is 0 Å². The number of halogens is 1. The van der Waals surface area contributed by atoms with Crippen LogP contribution in [0.25, 0.3) is 0 Å². The van der Waals surface area contributed by atoms with E-state index in [0.29, 0.717) is 56.3 Å². The van der Waals surface area contributed by atoms with Crippen LogP contribution in [0.5, 0.6) is 11.5 Å². The summed E-state index contributed by atoms with van der Waals surface area (Å²) in [4.78, 5) is 44.9. The Balaban J connectivity index is 1.32. The highest BCUT2D eigenvalue weighted by atomic mass is 79.9. The number of anilines is 1. The molecule has 44 heavy (non-hydrogen) atoms. The first-order valence-electron chi connectivity index (χ1n) is 13.9. The predicted molar refractivity (Wildman–Crippen MR) is 168 cm³/mol. The summed E-state index contributed by atoms with van der Waals surface area (Å²) in [6, 6.07) is 19.7. The Morgan fingerprint density at radius 1 is 0.841 bits per heavy atom. The lowest BCUT2D eigenvalue weighted by molar-refractivity contribution is -0.149. The molecule has 3 aromatic carbocycles. The molecule has 0 unspecified atom stereocenters. The average Bonchev–Trinajstić information content (AvgIpc) is 2.99. The molecule has 2 aliphatic heterocycles. The second-order valence-electron chi connectivity index (χ2n) is 10.7. The SMILES string of the molecule is CN(C)CCNS(=O)(=O)c1ccc(N2CCN(C3(c4ccc(Oc5ccc(Br)cc5)cc4)C(=O)NC(=O)NC3=O)CC2)cc1. The Morgan fingerprint density at radius 2 is 1.39 bits per heavy atom. The average molecular weight is 686 g/mol. The van der Waals surface area contributed by atoms with Crippen LogP contribution in [-0.2, 0) is 25.2 Å². The van der Waals surface area contributed by atoms with E-state index in [1.807, 2.05) is 43.3 Å². The first-order chi connectivity index (χ1) is 21.0. The van der Waals surface area contributed by atoms with Gasteiger partial charge < -0.3 is 14.5 Å². The first kappa shape index (κ1) is 31.6. The Morgan fingerprint density at radius 3 is 1.93 bits per heavy atom. The Bertz CT molecular complexity index is 1600. The van der Waals surface area contributed by atoms with Crippen molar-refractivity contribution >= 4 is 49.5 Å². The van der Waals surface area contributed by atoms with Crippen molar-refractivity contribution in [3.8, 4) is 11.5 Å². The topological polar surface area (TPSA) is 140 Å². The van der Waals surface area contributed by atoms with Crippen molar-refractivity contribution in [3.05, 3.63) is 82.8 Å². The van der Waals surface area contributed by atoms with Crippen molar-refractivity contribution in [1.82, 2.24) is 25.2 Å². The van der Waals surface area contributed by atoms with Gasteiger partial charge in [-0.15, -0.1) is 0 Å². The predicted octanol–water partition coefficient (Wildman–Crippen LogP) is 2.46. The number of carbonyl (C=O) groups excluding carboxylic acids is 3. The molecule has 0 aromatic heterocycles. The lowest BCUT2D eigenvalue weighted by atomic mass is 9.84. The molecule has 4 amide bonds. The molecular weight excluding hydrogens is 652 g/mol. The summed E-state index contributed by atoms with van der Waals surface area (Å²) in [5.41, 5.74) is -0.562. The Labute approximate surface area is 264 Å². The lowest BCUT2D eigenvalue weighted by Crippen LogP contribution is -2.73. The fourth-order valence-corrected chi connectivity index (χ4v) is 6.56. The van der Waals surface area contributed by atoms with E-state index in [1.165, 1.54) is 0 Å². The maximum Gasteiger partial charge on any atom is 0.328 e. The third-order valence-electron chi connectivity index (χ3n) is 7.55. The molecule has 2 heterocycles. The highest BCUT2D eigenvalue weighted by Crippen LogP contribution is 2.35. The molecule has 3 N–H and O–H groups in total. The van der Waals surface area contributed by atoms with Crippen molar-refractivity contribution in [2.75, 3.05) is 58.3 Å². The number of nitrogens with one attached hydrogen (secondary N) is 3. The van der Waals surface area contributed by atoms with Crippen LogP contribution in [0.3, 0.4) is 0 Å². The second kappa shape index (κ2) is 13.0. The van der Waals surface area contributed by atoms with Gasteiger partial charge in [-0.3, -0.25) is 25.1 Å². The van der Waals surface area contributed by atoms with E-state index in [0.717, 1.165) is 10.2 Å². The minimum Gasteiger partial charge on any atom is -0.457 e. The zero-order valence-corrected chi connectivity index (χ0v) is 26.7. The van der Waals surface area contributed by atoms with Crippen LogP contribution in [-0.4, -0.2) is 89.4 Å². The number of carbonyl (C=O) groups is 3. The van der Waals surface area contributed by atoms with Crippen molar-refractivity contribution in [2.24, 2.45) is 0 Å². The molecule has 12 nitrogen and oxygen atoms in total. The molecule has 0 radical (unpaired) electrons. The number of urea groups is 1. The maximum atomic E-state index is 13.5. The van der Waals surface area contributed by atoms with Gasteiger partial charge in [0.1, 0.15) is 11.5 Å². The van der Waals surface area contributed by atoms with Crippen LogP contribution in [0.2, 0.25) is 0 Å². The molecule has 0 spiro atoms. The Kier molecular flexibility index (Phi) is 9.37. The molecule has 0 bridgehead atoms. The number of rotatable bonds is 10. The van der Waals surface area contributed by atoms with Crippen LogP contribution in [0, 0.1) is 0 Å². The third kappa shape index (κ3) is 6.64. The molecule has 232 valence electrons. The molecule has 5 rings (SSSR count). The normalized spacial score (nSPS) is 17.4. The third-order valence-corrected chi connectivity index (χ3v) is 9.56. The van der Waals surface area contributed by atoms with Gasteiger partial charge in [0.15, 0.2) is 0 Å². The molecule has 0 atom stereocenters. The number of piperazine rings is 1. The molecule has 3 aromatic rings.